The first-order valence-corrected chi connectivity index (χ1v) is 8.70. The number of halogens is 1. The zero-order chi connectivity index (χ0) is 16.2. The molecule has 7 heteroatoms. The van der Waals surface area contributed by atoms with Gasteiger partial charge in [0.2, 0.25) is 10.0 Å². The fourth-order valence-corrected chi connectivity index (χ4v) is 3.62. The van der Waals surface area contributed by atoms with E-state index in [0.717, 1.165) is 5.56 Å². The van der Waals surface area contributed by atoms with E-state index >= 15 is 0 Å². The van der Waals surface area contributed by atoms with E-state index < -0.39 is 10.0 Å². The molecule has 2 aromatic rings. The number of ether oxygens (including phenoxy) is 2. The summed E-state index contributed by atoms with van der Waals surface area (Å²) in [6, 6.07) is 12.0. The van der Waals surface area contributed by atoms with Gasteiger partial charge in [-0.25, -0.2) is 13.1 Å². The first-order chi connectivity index (χ1) is 10.5. The molecule has 0 aliphatic rings. The van der Waals surface area contributed by atoms with Crippen molar-refractivity contribution in [2.75, 3.05) is 14.2 Å². The lowest BCUT2D eigenvalue weighted by molar-refractivity contribution is 0.402. The fourth-order valence-electron chi connectivity index (χ4n) is 1.90. The van der Waals surface area contributed by atoms with Gasteiger partial charge >= 0.3 is 0 Å². The zero-order valence-corrected chi connectivity index (χ0v) is 14.6. The summed E-state index contributed by atoms with van der Waals surface area (Å²) in [6.45, 7) is 0.162. The average molecular weight is 386 g/mol. The van der Waals surface area contributed by atoms with Gasteiger partial charge in [-0.15, -0.1) is 0 Å². The Kier molecular flexibility index (Phi) is 5.44. The highest BCUT2D eigenvalue weighted by molar-refractivity contribution is 9.10. The van der Waals surface area contributed by atoms with Crippen molar-refractivity contribution in [2.45, 2.75) is 11.4 Å². The molecule has 0 saturated carbocycles. The molecule has 0 aliphatic carbocycles. The molecule has 22 heavy (non-hydrogen) atoms. The van der Waals surface area contributed by atoms with Gasteiger partial charge in [0.15, 0.2) is 0 Å². The molecule has 2 rings (SSSR count). The van der Waals surface area contributed by atoms with Crippen LogP contribution in [0, 0.1) is 0 Å². The van der Waals surface area contributed by atoms with Crippen LogP contribution in [-0.4, -0.2) is 22.6 Å². The van der Waals surface area contributed by atoms with Crippen molar-refractivity contribution in [1.82, 2.24) is 4.72 Å². The Labute approximate surface area is 138 Å². The van der Waals surface area contributed by atoms with Crippen LogP contribution in [0.3, 0.4) is 0 Å². The molecule has 0 amide bonds. The maximum Gasteiger partial charge on any atom is 0.244 e. The molecule has 118 valence electrons. The molecule has 5 nitrogen and oxygen atoms in total. The molecule has 0 radical (unpaired) electrons. The van der Waals surface area contributed by atoms with Crippen LogP contribution >= 0.6 is 15.9 Å². The molecule has 0 bridgehead atoms. The third-order valence-electron chi connectivity index (χ3n) is 3.02. The lowest BCUT2D eigenvalue weighted by atomic mass is 10.2. The van der Waals surface area contributed by atoms with Gasteiger partial charge in [0.25, 0.3) is 0 Å². The monoisotopic (exact) mass is 385 g/mol. The third kappa shape index (κ3) is 4.00. The van der Waals surface area contributed by atoms with E-state index in [9.17, 15) is 8.42 Å². The second kappa shape index (κ2) is 7.13. The summed E-state index contributed by atoms with van der Waals surface area (Å²) in [4.78, 5) is 0.0901. The molecule has 1 N–H and O–H groups in total. The Hall–Kier alpha value is -1.57. The highest BCUT2D eigenvalue weighted by Gasteiger charge is 2.19. The van der Waals surface area contributed by atoms with E-state index in [1.807, 2.05) is 12.1 Å². The van der Waals surface area contributed by atoms with Gasteiger partial charge < -0.3 is 9.47 Å². The number of methoxy groups -OCH3 is 2. The maximum atomic E-state index is 12.4. The minimum atomic E-state index is -3.69. The first kappa shape index (κ1) is 16.8. The zero-order valence-electron chi connectivity index (χ0n) is 12.2. The highest BCUT2D eigenvalue weighted by atomic mass is 79.9. The molecule has 0 spiro atoms. The molecular weight excluding hydrogens is 370 g/mol. The molecule has 0 aromatic heterocycles. The van der Waals surface area contributed by atoms with Gasteiger partial charge in [-0.3, -0.25) is 0 Å². The van der Waals surface area contributed by atoms with Crippen LogP contribution in [0.5, 0.6) is 11.5 Å². The standard InChI is InChI=1S/C15H16BrNO4S/c1-20-13-5-3-4-11(8-13)10-17-22(18,19)15-9-12(16)6-7-14(15)21-2/h3-9,17H,10H2,1-2H3. The molecule has 0 aliphatic heterocycles. The Bertz CT molecular complexity index is 762. The Morgan fingerprint density at radius 2 is 1.86 bits per heavy atom. The smallest absolute Gasteiger partial charge is 0.244 e. The van der Waals surface area contributed by atoms with Crippen molar-refractivity contribution in [2.24, 2.45) is 0 Å². The first-order valence-electron chi connectivity index (χ1n) is 6.42. The normalized spacial score (nSPS) is 11.2. The van der Waals surface area contributed by atoms with Crippen LogP contribution in [0.15, 0.2) is 51.8 Å². The van der Waals surface area contributed by atoms with Gasteiger partial charge in [-0.2, -0.15) is 0 Å². The molecule has 0 fully saturated rings. The number of hydrogen-bond donors (Lipinski definition) is 1. The molecular formula is C15H16BrNO4S. The molecule has 0 saturated heterocycles. The summed E-state index contributed by atoms with van der Waals surface area (Å²) in [5, 5.41) is 0. The third-order valence-corrected chi connectivity index (χ3v) is 4.93. The minimum Gasteiger partial charge on any atom is -0.497 e. The number of nitrogens with one attached hydrogen (secondary N) is 1. The number of rotatable bonds is 6. The van der Waals surface area contributed by atoms with E-state index in [1.54, 1.807) is 31.4 Å². The van der Waals surface area contributed by atoms with Crippen LogP contribution in [0.4, 0.5) is 0 Å². The van der Waals surface area contributed by atoms with E-state index in [4.69, 9.17) is 9.47 Å². The molecule has 0 heterocycles. The quantitative estimate of drug-likeness (QED) is 0.829. The maximum absolute atomic E-state index is 12.4. The Balaban J connectivity index is 2.22. The Morgan fingerprint density at radius 1 is 1.09 bits per heavy atom. The number of sulfonamides is 1. The van der Waals surface area contributed by atoms with Gasteiger partial charge in [0.1, 0.15) is 16.4 Å². The molecule has 0 atom stereocenters. The average Bonchev–Trinajstić information content (AvgIpc) is 2.53. The predicted octanol–water partition coefficient (Wildman–Crippen LogP) is 2.94. The summed E-state index contributed by atoms with van der Waals surface area (Å²) in [5.41, 5.74) is 0.803. The SMILES string of the molecule is COc1cccc(CNS(=O)(=O)c2cc(Br)ccc2OC)c1. The van der Waals surface area contributed by atoms with Gasteiger partial charge in [-0.1, -0.05) is 28.1 Å². The van der Waals surface area contributed by atoms with E-state index in [2.05, 4.69) is 20.7 Å². The lowest BCUT2D eigenvalue weighted by Crippen LogP contribution is -2.23. The van der Waals surface area contributed by atoms with Crippen molar-refractivity contribution in [3.05, 3.63) is 52.5 Å². The predicted molar refractivity (Wildman–Crippen MR) is 87.7 cm³/mol. The van der Waals surface area contributed by atoms with Crippen LogP contribution in [0.1, 0.15) is 5.56 Å². The van der Waals surface area contributed by atoms with Crippen LogP contribution in [0.25, 0.3) is 0 Å². The summed E-state index contributed by atoms with van der Waals surface area (Å²) in [5.74, 6) is 0.970. The van der Waals surface area contributed by atoms with Crippen molar-refractivity contribution in [3.8, 4) is 11.5 Å². The summed E-state index contributed by atoms with van der Waals surface area (Å²) in [6.07, 6.45) is 0. The van der Waals surface area contributed by atoms with E-state index in [-0.39, 0.29) is 11.4 Å². The van der Waals surface area contributed by atoms with E-state index in [1.165, 1.54) is 13.2 Å². The lowest BCUT2D eigenvalue weighted by Gasteiger charge is -2.11. The molecule has 0 unspecified atom stereocenters. The summed E-state index contributed by atoms with van der Waals surface area (Å²) < 4.78 is 38.4. The summed E-state index contributed by atoms with van der Waals surface area (Å²) in [7, 11) is -0.689. The van der Waals surface area contributed by atoms with E-state index in [0.29, 0.717) is 16.0 Å². The highest BCUT2D eigenvalue weighted by Crippen LogP contribution is 2.27. The Morgan fingerprint density at radius 3 is 2.55 bits per heavy atom. The second-order valence-corrected chi connectivity index (χ2v) is 7.12. The van der Waals surface area contributed by atoms with Crippen molar-refractivity contribution in [3.63, 3.8) is 0 Å². The van der Waals surface area contributed by atoms with Crippen LogP contribution in [-0.2, 0) is 16.6 Å². The fraction of sp³-hybridized carbons (Fsp3) is 0.200. The number of hydrogen-bond acceptors (Lipinski definition) is 4. The van der Waals surface area contributed by atoms with Crippen LogP contribution in [0.2, 0.25) is 0 Å². The van der Waals surface area contributed by atoms with Gasteiger partial charge in [0, 0.05) is 11.0 Å². The minimum absolute atomic E-state index is 0.0901. The van der Waals surface area contributed by atoms with Crippen LogP contribution < -0.4 is 14.2 Å². The largest absolute Gasteiger partial charge is 0.497 e. The van der Waals surface area contributed by atoms with Crippen molar-refractivity contribution >= 4 is 26.0 Å². The second-order valence-electron chi connectivity index (χ2n) is 4.47. The summed E-state index contributed by atoms with van der Waals surface area (Å²) >= 11 is 3.27. The number of benzene rings is 2. The van der Waals surface area contributed by atoms with Crippen molar-refractivity contribution < 1.29 is 17.9 Å². The van der Waals surface area contributed by atoms with Crippen molar-refractivity contribution in [1.29, 1.82) is 0 Å². The topological polar surface area (TPSA) is 64.6 Å². The molecule has 2 aromatic carbocycles. The van der Waals surface area contributed by atoms with Gasteiger partial charge in [0.05, 0.1) is 14.2 Å². The van der Waals surface area contributed by atoms with Gasteiger partial charge in [-0.05, 0) is 35.9 Å².